The molecular weight excluding hydrogens is 444 g/mol. The Morgan fingerprint density at radius 2 is 1.90 bits per heavy atom. The van der Waals surface area contributed by atoms with Crippen molar-refractivity contribution in [3.63, 3.8) is 0 Å². The summed E-state index contributed by atoms with van der Waals surface area (Å²) in [7, 11) is 0. The topological polar surface area (TPSA) is 33.4 Å². The van der Waals surface area contributed by atoms with Crippen LogP contribution in [0.15, 0.2) is 64.2 Å². The lowest BCUT2D eigenvalue weighted by Crippen LogP contribution is -2.28. The Morgan fingerprint density at radius 3 is 2.66 bits per heavy atom. The van der Waals surface area contributed by atoms with Crippen LogP contribution in [0.25, 0.3) is 5.69 Å². The monoisotopic (exact) mass is 466 g/mol. The minimum absolute atomic E-state index is 0.0272. The summed E-state index contributed by atoms with van der Waals surface area (Å²) < 4.78 is 3.45. The normalized spacial score (nSPS) is 23.4. The number of benzene rings is 1. The summed E-state index contributed by atoms with van der Waals surface area (Å²) in [6, 6.07) is 17.1. The van der Waals surface area contributed by atoms with Gasteiger partial charge in [0.1, 0.15) is 6.04 Å². The van der Waals surface area contributed by atoms with Crippen LogP contribution in [-0.4, -0.2) is 31.4 Å². The van der Waals surface area contributed by atoms with E-state index in [0.29, 0.717) is 5.25 Å². The van der Waals surface area contributed by atoms with E-state index in [1.807, 2.05) is 24.0 Å². The molecule has 4 heterocycles. The van der Waals surface area contributed by atoms with Crippen molar-refractivity contribution in [2.75, 3.05) is 6.54 Å². The molecule has 148 valence electrons. The number of aliphatic imine (C=N–C) groups is 1. The number of fused-ring (bicyclic) bond motifs is 1. The van der Waals surface area contributed by atoms with Gasteiger partial charge in [-0.15, -0.1) is 0 Å². The number of pyridine rings is 1. The number of nitrogens with zero attached hydrogens (tertiary/aromatic N) is 4. The van der Waals surface area contributed by atoms with Gasteiger partial charge in [0.25, 0.3) is 0 Å². The summed E-state index contributed by atoms with van der Waals surface area (Å²) in [6.45, 7) is 7.71. The van der Waals surface area contributed by atoms with Crippen molar-refractivity contribution >= 4 is 32.9 Å². The quantitative estimate of drug-likeness (QED) is 0.485. The largest absolute Gasteiger partial charge is 0.341 e. The fraction of sp³-hybridized carbons (Fsp3) is 0.304. The zero-order chi connectivity index (χ0) is 20.1. The molecule has 1 fully saturated rings. The Kier molecular flexibility index (Phi) is 4.79. The number of hydrogen-bond acceptors (Lipinski definition) is 4. The van der Waals surface area contributed by atoms with Crippen LogP contribution in [0.4, 0.5) is 0 Å². The molecule has 0 radical (unpaired) electrons. The molecule has 2 aliphatic heterocycles. The summed E-state index contributed by atoms with van der Waals surface area (Å²) >= 11 is 5.61. The van der Waals surface area contributed by atoms with Gasteiger partial charge in [-0.2, -0.15) is 0 Å². The smallest absolute Gasteiger partial charge is 0.160 e. The number of aryl methyl sites for hydroxylation is 1. The summed E-state index contributed by atoms with van der Waals surface area (Å²) in [5.41, 5.74) is 6.05. The van der Waals surface area contributed by atoms with E-state index in [1.165, 1.54) is 22.6 Å². The van der Waals surface area contributed by atoms with Gasteiger partial charge in [-0.25, -0.2) is 0 Å². The molecule has 6 heteroatoms. The van der Waals surface area contributed by atoms with Crippen LogP contribution in [0, 0.1) is 13.8 Å². The third-order valence-electron chi connectivity index (χ3n) is 5.76. The van der Waals surface area contributed by atoms with Crippen LogP contribution >= 0.6 is 27.7 Å². The molecule has 0 N–H and O–H groups in total. The van der Waals surface area contributed by atoms with Gasteiger partial charge < -0.3 is 9.47 Å². The number of aromatic nitrogens is 2. The molecule has 5 rings (SSSR count). The number of thioether (sulfide) groups is 1. The standard InChI is InChI=1S/C23H23BrN4S/c1-14-12-17(16(3)28(14)20-10-5-4-8-18(20)24)22-21(19-9-6-7-11-25-19)26-23-27(22)13-15(2)29-23/h4-12,15,21-22H,13H2,1-3H3/t15-,21+,22-/m0/s1. The lowest BCUT2D eigenvalue weighted by molar-refractivity contribution is 0.320. The highest BCUT2D eigenvalue weighted by molar-refractivity contribution is 9.10. The van der Waals surface area contributed by atoms with E-state index >= 15 is 0 Å². The highest BCUT2D eigenvalue weighted by atomic mass is 79.9. The number of halogens is 1. The van der Waals surface area contributed by atoms with Crippen molar-refractivity contribution in [2.24, 2.45) is 4.99 Å². The summed E-state index contributed by atoms with van der Waals surface area (Å²) in [5.74, 6) is 0. The van der Waals surface area contributed by atoms with Gasteiger partial charge in [0.2, 0.25) is 0 Å². The first-order valence-electron chi connectivity index (χ1n) is 9.90. The zero-order valence-electron chi connectivity index (χ0n) is 16.7. The Hall–Kier alpha value is -2.05. The van der Waals surface area contributed by atoms with Gasteiger partial charge in [-0.3, -0.25) is 9.98 Å². The average Bonchev–Trinajstić information content (AvgIpc) is 3.33. The minimum atomic E-state index is 0.0272. The molecule has 29 heavy (non-hydrogen) atoms. The molecule has 0 saturated carbocycles. The molecule has 4 nitrogen and oxygen atoms in total. The highest BCUT2D eigenvalue weighted by Gasteiger charge is 2.44. The second-order valence-electron chi connectivity index (χ2n) is 7.75. The minimum Gasteiger partial charge on any atom is -0.341 e. The van der Waals surface area contributed by atoms with Crippen molar-refractivity contribution in [1.82, 2.24) is 14.5 Å². The third kappa shape index (κ3) is 3.13. The van der Waals surface area contributed by atoms with Crippen LogP contribution in [0.5, 0.6) is 0 Å². The van der Waals surface area contributed by atoms with Crippen LogP contribution in [0.1, 0.15) is 41.7 Å². The second kappa shape index (κ2) is 7.33. The highest BCUT2D eigenvalue weighted by Crippen LogP contribution is 2.49. The Morgan fingerprint density at radius 1 is 1.10 bits per heavy atom. The first-order valence-corrected chi connectivity index (χ1v) is 11.6. The molecule has 1 aromatic carbocycles. The Balaban J connectivity index is 1.64. The molecule has 0 unspecified atom stereocenters. The van der Waals surface area contributed by atoms with Gasteiger partial charge in [-0.1, -0.05) is 36.9 Å². The van der Waals surface area contributed by atoms with Crippen LogP contribution in [0.2, 0.25) is 0 Å². The van der Waals surface area contributed by atoms with Gasteiger partial charge in [0.05, 0.1) is 17.4 Å². The summed E-state index contributed by atoms with van der Waals surface area (Å²) in [5, 5.41) is 1.72. The molecule has 0 spiro atoms. The first-order chi connectivity index (χ1) is 14.0. The molecule has 2 aliphatic rings. The maximum Gasteiger partial charge on any atom is 0.160 e. The van der Waals surface area contributed by atoms with E-state index in [2.05, 4.69) is 93.6 Å². The molecule has 0 amide bonds. The van der Waals surface area contributed by atoms with E-state index < -0.39 is 0 Å². The van der Waals surface area contributed by atoms with E-state index in [1.54, 1.807) is 0 Å². The SMILES string of the molecule is Cc1cc([C@H]2[C@@H](c3ccccn3)N=C3S[C@@H](C)CN32)c(C)n1-c1ccccc1Br. The molecule has 0 aliphatic carbocycles. The predicted octanol–water partition coefficient (Wildman–Crippen LogP) is 5.84. The first kappa shape index (κ1) is 18.9. The number of hydrogen-bond donors (Lipinski definition) is 0. The third-order valence-corrected chi connectivity index (χ3v) is 7.54. The van der Waals surface area contributed by atoms with Crippen molar-refractivity contribution in [1.29, 1.82) is 0 Å². The number of para-hydroxylation sites is 1. The van der Waals surface area contributed by atoms with E-state index in [-0.39, 0.29) is 12.1 Å². The zero-order valence-corrected chi connectivity index (χ0v) is 19.1. The predicted molar refractivity (Wildman–Crippen MR) is 124 cm³/mol. The fourth-order valence-electron chi connectivity index (χ4n) is 4.54. The van der Waals surface area contributed by atoms with E-state index in [0.717, 1.165) is 21.9 Å². The van der Waals surface area contributed by atoms with Gasteiger partial charge in [0, 0.05) is 33.9 Å². The van der Waals surface area contributed by atoms with Crippen LogP contribution < -0.4 is 0 Å². The lowest BCUT2D eigenvalue weighted by atomic mass is 9.96. The van der Waals surface area contributed by atoms with Crippen molar-refractivity contribution in [2.45, 2.75) is 38.1 Å². The molecule has 3 aromatic rings. The van der Waals surface area contributed by atoms with Gasteiger partial charge >= 0.3 is 0 Å². The lowest BCUT2D eigenvalue weighted by Gasteiger charge is -2.27. The summed E-state index contributed by atoms with van der Waals surface area (Å²) in [4.78, 5) is 12.3. The molecule has 3 atom stereocenters. The average molecular weight is 467 g/mol. The maximum absolute atomic E-state index is 5.12. The molecule has 0 bridgehead atoms. The number of rotatable bonds is 3. The molecule has 2 aromatic heterocycles. The van der Waals surface area contributed by atoms with Crippen molar-refractivity contribution in [3.8, 4) is 5.69 Å². The van der Waals surface area contributed by atoms with E-state index in [4.69, 9.17) is 4.99 Å². The molecule has 1 saturated heterocycles. The van der Waals surface area contributed by atoms with Gasteiger partial charge in [-0.05, 0) is 65.7 Å². The number of amidine groups is 1. The Bertz CT molecular complexity index is 1090. The van der Waals surface area contributed by atoms with Crippen molar-refractivity contribution in [3.05, 3.63) is 81.8 Å². The van der Waals surface area contributed by atoms with E-state index in [9.17, 15) is 0 Å². The molecular formula is C23H23BrN4S. The van der Waals surface area contributed by atoms with Gasteiger partial charge in [0.15, 0.2) is 5.17 Å². The second-order valence-corrected chi connectivity index (χ2v) is 10.0. The van der Waals surface area contributed by atoms with Crippen molar-refractivity contribution < 1.29 is 0 Å². The maximum atomic E-state index is 5.12. The fourth-order valence-corrected chi connectivity index (χ4v) is 6.10. The summed E-state index contributed by atoms with van der Waals surface area (Å²) in [6.07, 6.45) is 1.87. The van der Waals surface area contributed by atoms with Crippen LogP contribution in [-0.2, 0) is 0 Å². The Labute approximate surface area is 184 Å². The van der Waals surface area contributed by atoms with Crippen LogP contribution in [0.3, 0.4) is 0 Å².